The Balaban J connectivity index is 1.96. The fourth-order valence-corrected chi connectivity index (χ4v) is 2.83. The Morgan fingerprint density at radius 3 is 2.74 bits per heavy atom. The zero-order valence-electron chi connectivity index (χ0n) is 11.0. The second-order valence-corrected chi connectivity index (χ2v) is 5.70. The smallest absolute Gasteiger partial charge is 0.248 e. The van der Waals surface area contributed by atoms with E-state index in [9.17, 15) is 9.90 Å². The maximum atomic E-state index is 11.0. The molecule has 1 aromatic carbocycles. The van der Waals surface area contributed by atoms with Crippen LogP contribution in [0.3, 0.4) is 0 Å². The van der Waals surface area contributed by atoms with Gasteiger partial charge in [-0.3, -0.25) is 9.69 Å². The second kappa shape index (κ2) is 5.49. The summed E-state index contributed by atoms with van der Waals surface area (Å²) >= 11 is 6.13. The van der Waals surface area contributed by atoms with Crippen molar-refractivity contribution in [3.8, 4) is 0 Å². The molecule has 1 aromatic rings. The number of amides is 1. The number of β-amino-alcohol motifs (C(OH)–C–C–N with tert-alkyl or cyclic N) is 1. The molecule has 1 heterocycles. The van der Waals surface area contributed by atoms with E-state index in [1.165, 1.54) is 0 Å². The summed E-state index contributed by atoms with van der Waals surface area (Å²) in [7, 11) is 0. The minimum absolute atomic E-state index is 0.417. The van der Waals surface area contributed by atoms with Gasteiger partial charge in [0.05, 0.1) is 5.60 Å². The topological polar surface area (TPSA) is 66.6 Å². The van der Waals surface area contributed by atoms with Crippen LogP contribution in [0, 0.1) is 0 Å². The molecule has 5 heteroatoms. The number of rotatable bonds is 5. The monoisotopic (exact) mass is 282 g/mol. The van der Waals surface area contributed by atoms with Crippen molar-refractivity contribution in [2.75, 3.05) is 13.1 Å². The molecule has 0 bridgehead atoms. The van der Waals surface area contributed by atoms with Crippen molar-refractivity contribution in [2.45, 2.75) is 31.9 Å². The summed E-state index contributed by atoms with van der Waals surface area (Å²) in [5.41, 5.74) is 6.03. The minimum Gasteiger partial charge on any atom is -0.387 e. The molecule has 3 N–H and O–H groups in total. The van der Waals surface area contributed by atoms with Crippen LogP contribution in [0.15, 0.2) is 18.2 Å². The SMILES string of the molecule is CCCC1(O)CN(Cc2ccc(C(N)=O)cc2Cl)C1. The molecule has 2 rings (SSSR count). The van der Waals surface area contributed by atoms with Crippen molar-refractivity contribution < 1.29 is 9.90 Å². The summed E-state index contributed by atoms with van der Waals surface area (Å²) in [6, 6.07) is 5.10. The molecule has 4 nitrogen and oxygen atoms in total. The Labute approximate surface area is 118 Å². The van der Waals surface area contributed by atoms with Crippen molar-refractivity contribution in [2.24, 2.45) is 5.73 Å². The molecule has 1 fully saturated rings. The molecule has 0 saturated carbocycles. The minimum atomic E-state index is -0.533. The van der Waals surface area contributed by atoms with Crippen LogP contribution >= 0.6 is 11.6 Å². The number of hydrogen-bond donors (Lipinski definition) is 2. The van der Waals surface area contributed by atoms with Gasteiger partial charge in [0.15, 0.2) is 0 Å². The quantitative estimate of drug-likeness (QED) is 0.865. The number of likely N-dealkylation sites (tertiary alicyclic amines) is 1. The summed E-state index contributed by atoms with van der Waals surface area (Å²) < 4.78 is 0. The molecule has 0 spiro atoms. The number of aliphatic hydroxyl groups is 1. The van der Waals surface area contributed by atoms with Crippen LogP contribution in [-0.2, 0) is 6.54 Å². The average molecular weight is 283 g/mol. The summed E-state index contributed by atoms with van der Waals surface area (Å²) in [6.07, 6.45) is 1.82. The van der Waals surface area contributed by atoms with Gasteiger partial charge >= 0.3 is 0 Å². The van der Waals surface area contributed by atoms with Gasteiger partial charge in [-0.1, -0.05) is 31.0 Å². The molecule has 0 radical (unpaired) electrons. The number of hydrogen-bond acceptors (Lipinski definition) is 3. The predicted octanol–water partition coefficient (Wildman–Crippen LogP) is 1.79. The lowest BCUT2D eigenvalue weighted by Crippen LogP contribution is -2.60. The Bertz CT molecular complexity index is 484. The summed E-state index contributed by atoms with van der Waals surface area (Å²) in [5.74, 6) is -0.477. The van der Waals surface area contributed by atoms with Gasteiger partial charge < -0.3 is 10.8 Å². The Morgan fingerprint density at radius 2 is 2.21 bits per heavy atom. The standard InChI is InChI=1S/C14H19ClN2O2/c1-2-5-14(19)8-17(9-14)7-11-4-3-10(13(16)18)6-12(11)15/h3-4,6,19H,2,5,7-9H2,1H3,(H2,16,18). The van der Waals surface area contributed by atoms with Gasteiger partial charge in [0, 0.05) is 30.2 Å². The maximum Gasteiger partial charge on any atom is 0.248 e. The van der Waals surface area contributed by atoms with Gasteiger partial charge in [-0.15, -0.1) is 0 Å². The highest BCUT2D eigenvalue weighted by atomic mass is 35.5. The number of benzene rings is 1. The average Bonchev–Trinajstić information content (AvgIpc) is 2.29. The van der Waals surface area contributed by atoms with E-state index >= 15 is 0 Å². The third-order valence-corrected chi connectivity index (χ3v) is 3.83. The molecule has 1 amide bonds. The number of nitrogens with zero attached hydrogens (tertiary/aromatic N) is 1. The third-order valence-electron chi connectivity index (χ3n) is 3.48. The van der Waals surface area contributed by atoms with Crippen LogP contribution in [0.2, 0.25) is 5.02 Å². The first-order valence-corrected chi connectivity index (χ1v) is 6.84. The fourth-order valence-electron chi connectivity index (χ4n) is 2.59. The Hall–Kier alpha value is -1.10. The van der Waals surface area contributed by atoms with Crippen LogP contribution in [0.25, 0.3) is 0 Å². The van der Waals surface area contributed by atoms with E-state index in [1.807, 2.05) is 6.07 Å². The number of carbonyl (C=O) groups excluding carboxylic acids is 1. The first-order valence-electron chi connectivity index (χ1n) is 6.46. The maximum absolute atomic E-state index is 11.0. The summed E-state index contributed by atoms with van der Waals surface area (Å²) in [4.78, 5) is 13.2. The highest BCUT2D eigenvalue weighted by molar-refractivity contribution is 6.31. The van der Waals surface area contributed by atoms with E-state index in [0.717, 1.165) is 18.4 Å². The second-order valence-electron chi connectivity index (χ2n) is 5.29. The first-order chi connectivity index (χ1) is 8.93. The summed E-state index contributed by atoms with van der Waals surface area (Å²) in [5, 5.41) is 10.7. The van der Waals surface area contributed by atoms with Crippen LogP contribution < -0.4 is 5.73 Å². The molecule has 1 aliphatic heterocycles. The van der Waals surface area contributed by atoms with Crippen LogP contribution in [0.1, 0.15) is 35.7 Å². The molecule has 0 aromatic heterocycles. The number of primary amides is 1. The van der Waals surface area contributed by atoms with Crippen molar-refractivity contribution in [1.82, 2.24) is 4.90 Å². The predicted molar refractivity (Wildman–Crippen MR) is 75.1 cm³/mol. The van der Waals surface area contributed by atoms with Gasteiger partial charge in [-0.25, -0.2) is 0 Å². The molecule has 0 atom stereocenters. The lowest BCUT2D eigenvalue weighted by molar-refractivity contribution is -0.106. The van der Waals surface area contributed by atoms with Crippen molar-refractivity contribution >= 4 is 17.5 Å². The van der Waals surface area contributed by atoms with E-state index in [-0.39, 0.29) is 0 Å². The molecule has 1 aliphatic rings. The zero-order valence-corrected chi connectivity index (χ0v) is 11.8. The van der Waals surface area contributed by atoms with Gasteiger partial charge in [-0.2, -0.15) is 0 Å². The Kier molecular flexibility index (Phi) is 4.13. The zero-order chi connectivity index (χ0) is 14.0. The van der Waals surface area contributed by atoms with Crippen molar-refractivity contribution in [3.63, 3.8) is 0 Å². The normalized spacial score (nSPS) is 18.1. The number of halogens is 1. The number of nitrogens with two attached hydrogens (primary N) is 1. The molecule has 19 heavy (non-hydrogen) atoms. The van der Waals surface area contributed by atoms with E-state index in [4.69, 9.17) is 17.3 Å². The Morgan fingerprint density at radius 1 is 1.53 bits per heavy atom. The lowest BCUT2D eigenvalue weighted by Gasteiger charge is -2.46. The van der Waals surface area contributed by atoms with E-state index < -0.39 is 11.5 Å². The van der Waals surface area contributed by atoms with E-state index in [1.54, 1.807) is 12.1 Å². The highest BCUT2D eigenvalue weighted by Crippen LogP contribution is 2.29. The van der Waals surface area contributed by atoms with Crippen LogP contribution in [-0.4, -0.2) is 34.6 Å². The fraction of sp³-hybridized carbons (Fsp3) is 0.500. The van der Waals surface area contributed by atoms with Crippen LogP contribution in [0.5, 0.6) is 0 Å². The molecule has 104 valence electrons. The van der Waals surface area contributed by atoms with E-state index in [2.05, 4.69) is 11.8 Å². The van der Waals surface area contributed by atoms with Gasteiger partial charge in [0.2, 0.25) is 5.91 Å². The largest absolute Gasteiger partial charge is 0.387 e. The summed E-state index contributed by atoms with van der Waals surface area (Å²) in [6.45, 7) is 4.10. The highest BCUT2D eigenvalue weighted by Gasteiger charge is 2.39. The third kappa shape index (κ3) is 3.26. The van der Waals surface area contributed by atoms with Crippen molar-refractivity contribution in [1.29, 1.82) is 0 Å². The molecule has 1 saturated heterocycles. The van der Waals surface area contributed by atoms with E-state index in [0.29, 0.717) is 30.2 Å². The van der Waals surface area contributed by atoms with Gasteiger partial charge in [-0.05, 0) is 24.1 Å². The molecule has 0 unspecified atom stereocenters. The van der Waals surface area contributed by atoms with Gasteiger partial charge in [0.1, 0.15) is 0 Å². The van der Waals surface area contributed by atoms with Crippen LogP contribution in [0.4, 0.5) is 0 Å². The first kappa shape index (κ1) is 14.3. The lowest BCUT2D eigenvalue weighted by atomic mass is 9.89. The molecule has 0 aliphatic carbocycles. The molecular weight excluding hydrogens is 264 g/mol. The molecular formula is C14H19ClN2O2. The number of carbonyl (C=O) groups is 1. The van der Waals surface area contributed by atoms with Gasteiger partial charge in [0.25, 0.3) is 0 Å². The van der Waals surface area contributed by atoms with Crippen molar-refractivity contribution in [3.05, 3.63) is 34.3 Å².